The number of methoxy groups -OCH3 is 1. The molecule has 1 amide bonds. The molecule has 0 aliphatic carbocycles. The number of carbonyl (C=O) groups excluding carboxylic acids is 2. The number of hydrogen-bond acceptors (Lipinski definition) is 5. The van der Waals surface area contributed by atoms with Crippen LogP contribution in [0.5, 0.6) is 5.75 Å². The summed E-state index contributed by atoms with van der Waals surface area (Å²) in [5, 5.41) is 21.5. The molecule has 0 radical (unpaired) electrons. The van der Waals surface area contributed by atoms with Crippen molar-refractivity contribution in [3.8, 4) is 11.8 Å². The molecule has 2 rings (SSSR count). The number of nitrogens with zero attached hydrogens (tertiary/aromatic N) is 2. The lowest BCUT2D eigenvalue weighted by molar-refractivity contribution is -0.143. The summed E-state index contributed by atoms with van der Waals surface area (Å²) in [5.41, 5.74) is 2.27. The van der Waals surface area contributed by atoms with E-state index in [0.29, 0.717) is 22.3 Å². The Bertz CT molecular complexity index is 854. The third kappa shape index (κ3) is 3.63. The summed E-state index contributed by atoms with van der Waals surface area (Å²) >= 11 is 0. The Kier molecular flexibility index (Phi) is 5.13. The minimum absolute atomic E-state index is 0.139. The highest BCUT2D eigenvalue weighted by Crippen LogP contribution is 2.27. The van der Waals surface area contributed by atoms with Crippen LogP contribution < -0.4 is 5.32 Å². The second-order valence-electron chi connectivity index (χ2n) is 5.77. The predicted octanol–water partition coefficient (Wildman–Crippen LogP) is 1.86. The standard InChI is InChI=1S/C18H19N3O4/c1-10-5-13(6-11(2)16(10)22)15(18(24)25-4)20-17(23)14-7-12(8-19)9-21(14)3/h5-7,9,15,22H,1-4H3,(H,20,23)/t15-/m0/s1. The highest BCUT2D eigenvalue weighted by molar-refractivity contribution is 5.96. The SMILES string of the molecule is COC(=O)[C@@H](NC(=O)c1cc(C#N)cn1C)c1cc(C)c(O)c(C)c1. The van der Waals surface area contributed by atoms with Crippen LogP contribution in [-0.4, -0.2) is 28.7 Å². The largest absolute Gasteiger partial charge is 0.507 e. The van der Waals surface area contributed by atoms with Crippen LogP contribution >= 0.6 is 0 Å². The van der Waals surface area contributed by atoms with E-state index in [9.17, 15) is 14.7 Å². The predicted molar refractivity (Wildman–Crippen MR) is 89.9 cm³/mol. The number of aromatic nitrogens is 1. The van der Waals surface area contributed by atoms with E-state index in [4.69, 9.17) is 10.00 Å². The summed E-state index contributed by atoms with van der Waals surface area (Å²) in [7, 11) is 2.87. The quantitative estimate of drug-likeness (QED) is 0.826. The van der Waals surface area contributed by atoms with Crippen LogP contribution in [0.1, 0.15) is 38.8 Å². The highest BCUT2D eigenvalue weighted by Gasteiger charge is 2.26. The highest BCUT2D eigenvalue weighted by atomic mass is 16.5. The third-order valence-electron chi connectivity index (χ3n) is 3.93. The van der Waals surface area contributed by atoms with Crippen LogP contribution in [0.2, 0.25) is 0 Å². The molecule has 0 unspecified atom stereocenters. The van der Waals surface area contributed by atoms with Gasteiger partial charge in [-0.3, -0.25) is 4.79 Å². The first kappa shape index (κ1) is 18.1. The van der Waals surface area contributed by atoms with Crippen molar-refractivity contribution < 1.29 is 19.4 Å². The number of amides is 1. The molecule has 0 bridgehead atoms. The van der Waals surface area contributed by atoms with E-state index in [1.54, 1.807) is 33.0 Å². The number of esters is 1. The van der Waals surface area contributed by atoms with Gasteiger partial charge in [0.05, 0.1) is 12.7 Å². The molecule has 2 aromatic rings. The van der Waals surface area contributed by atoms with E-state index < -0.39 is 17.9 Å². The van der Waals surface area contributed by atoms with E-state index in [0.717, 1.165) is 0 Å². The van der Waals surface area contributed by atoms with Crippen molar-refractivity contribution in [3.63, 3.8) is 0 Å². The third-order valence-corrected chi connectivity index (χ3v) is 3.93. The van der Waals surface area contributed by atoms with Gasteiger partial charge in [0.25, 0.3) is 5.91 Å². The number of nitriles is 1. The summed E-state index contributed by atoms with van der Waals surface area (Å²) in [6, 6.07) is 5.61. The summed E-state index contributed by atoms with van der Waals surface area (Å²) < 4.78 is 6.30. The van der Waals surface area contributed by atoms with Crippen LogP contribution in [0.25, 0.3) is 0 Å². The fraction of sp³-hybridized carbons (Fsp3) is 0.278. The van der Waals surface area contributed by atoms with Crippen molar-refractivity contribution in [2.45, 2.75) is 19.9 Å². The number of phenolic OH excluding ortho intramolecular Hbond substituents is 1. The monoisotopic (exact) mass is 341 g/mol. The van der Waals surface area contributed by atoms with Crippen LogP contribution in [-0.2, 0) is 16.6 Å². The molecule has 1 heterocycles. The Hall–Kier alpha value is -3.27. The first-order valence-corrected chi connectivity index (χ1v) is 7.53. The first-order chi connectivity index (χ1) is 11.8. The second kappa shape index (κ2) is 7.09. The Morgan fingerprint density at radius 1 is 1.28 bits per heavy atom. The van der Waals surface area contributed by atoms with Crippen molar-refractivity contribution >= 4 is 11.9 Å². The van der Waals surface area contributed by atoms with Gasteiger partial charge in [0.1, 0.15) is 17.5 Å². The van der Waals surface area contributed by atoms with Gasteiger partial charge < -0.3 is 19.7 Å². The van der Waals surface area contributed by atoms with E-state index in [-0.39, 0.29) is 11.4 Å². The minimum Gasteiger partial charge on any atom is -0.507 e. The number of phenols is 1. The van der Waals surface area contributed by atoms with Crippen molar-refractivity contribution in [2.24, 2.45) is 7.05 Å². The molecule has 130 valence electrons. The van der Waals surface area contributed by atoms with Crippen LogP contribution in [0.4, 0.5) is 0 Å². The van der Waals surface area contributed by atoms with Crippen LogP contribution in [0.15, 0.2) is 24.4 Å². The number of carbonyl (C=O) groups is 2. The van der Waals surface area contributed by atoms with E-state index in [1.165, 1.54) is 23.9 Å². The van der Waals surface area contributed by atoms with E-state index in [1.807, 2.05) is 6.07 Å². The Morgan fingerprint density at radius 3 is 2.36 bits per heavy atom. The Morgan fingerprint density at radius 2 is 1.88 bits per heavy atom. The molecule has 0 saturated heterocycles. The summed E-state index contributed by atoms with van der Waals surface area (Å²) in [5.74, 6) is -1.00. The second-order valence-corrected chi connectivity index (χ2v) is 5.77. The van der Waals surface area contributed by atoms with E-state index in [2.05, 4.69) is 5.32 Å². The molecule has 7 heteroatoms. The van der Waals surface area contributed by atoms with E-state index >= 15 is 0 Å². The lowest BCUT2D eigenvalue weighted by Gasteiger charge is -2.19. The molecule has 1 aromatic carbocycles. The Labute approximate surface area is 145 Å². The van der Waals surface area contributed by atoms with Gasteiger partial charge in [-0.05, 0) is 48.7 Å². The summed E-state index contributed by atoms with van der Waals surface area (Å²) in [6.45, 7) is 3.41. The molecule has 7 nitrogen and oxygen atoms in total. The van der Waals surface area contributed by atoms with Gasteiger partial charge in [-0.15, -0.1) is 0 Å². The van der Waals surface area contributed by atoms with Crippen molar-refractivity contribution in [2.75, 3.05) is 7.11 Å². The molecule has 0 fully saturated rings. The molecule has 25 heavy (non-hydrogen) atoms. The smallest absolute Gasteiger partial charge is 0.333 e. The van der Waals surface area contributed by atoms with Crippen molar-refractivity contribution in [1.29, 1.82) is 5.26 Å². The fourth-order valence-electron chi connectivity index (χ4n) is 2.61. The molecule has 1 atom stereocenters. The topological polar surface area (TPSA) is 104 Å². The van der Waals surface area contributed by atoms with Crippen molar-refractivity contribution in [1.82, 2.24) is 9.88 Å². The lowest BCUT2D eigenvalue weighted by Crippen LogP contribution is -2.35. The van der Waals surface area contributed by atoms with Gasteiger partial charge in [-0.1, -0.05) is 0 Å². The lowest BCUT2D eigenvalue weighted by atomic mass is 10.00. The number of nitrogens with one attached hydrogen (secondary N) is 1. The van der Waals surface area contributed by atoms with Crippen LogP contribution in [0, 0.1) is 25.2 Å². The maximum Gasteiger partial charge on any atom is 0.333 e. The maximum atomic E-state index is 12.5. The average Bonchev–Trinajstić information content (AvgIpc) is 2.97. The van der Waals surface area contributed by atoms with Gasteiger partial charge >= 0.3 is 5.97 Å². The molecule has 0 aliphatic rings. The summed E-state index contributed by atoms with van der Waals surface area (Å²) in [6.07, 6.45) is 1.52. The molecular weight excluding hydrogens is 322 g/mol. The average molecular weight is 341 g/mol. The number of aryl methyl sites for hydroxylation is 3. The van der Waals surface area contributed by atoms with Gasteiger partial charge in [0.15, 0.2) is 6.04 Å². The number of hydrogen-bond donors (Lipinski definition) is 2. The van der Waals surface area contributed by atoms with Gasteiger partial charge in [-0.2, -0.15) is 5.26 Å². The zero-order valence-electron chi connectivity index (χ0n) is 14.5. The number of aromatic hydroxyl groups is 1. The zero-order chi connectivity index (χ0) is 18.7. The molecular formula is C18H19N3O4. The minimum atomic E-state index is -1.03. The molecule has 0 saturated carbocycles. The number of benzene rings is 1. The molecule has 1 aromatic heterocycles. The number of rotatable bonds is 4. The zero-order valence-corrected chi connectivity index (χ0v) is 14.5. The fourth-order valence-corrected chi connectivity index (χ4v) is 2.61. The first-order valence-electron chi connectivity index (χ1n) is 7.53. The Balaban J connectivity index is 2.39. The summed E-state index contributed by atoms with van der Waals surface area (Å²) in [4.78, 5) is 24.7. The normalized spacial score (nSPS) is 11.5. The number of ether oxygens (including phenoxy) is 1. The molecule has 2 N–H and O–H groups in total. The molecule has 0 spiro atoms. The molecule has 0 aliphatic heterocycles. The maximum absolute atomic E-state index is 12.5. The van der Waals surface area contributed by atoms with Gasteiger partial charge in [0, 0.05) is 13.2 Å². The van der Waals surface area contributed by atoms with Gasteiger partial charge in [-0.25, -0.2) is 4.79 Å². The van der Waals surface area contributed by atoms with Crippen LogP contribution in [0.3, 0.4) is 0 Å². The van der Waals surface area contributed by atoms with Gasteiger partial charge in [0.2, 0.25) is 0 Å². The van der Waals surface area contributed by atoms with Crippen molar-refractivity contribution in [3.05, 3.63) is 52.3 Å².